The van der Waals surface area contributed by atoms with Gasteiger partial charge in [0, 0.05) is 0 Å². The Morgan fingerprint density at radius 2 is 1.28 bits per heavy atom. The number of fused-ring (bicyclic) bond motifs is 1. The summed E-state index contributed by atoms with van der Waals surface area (Å²) in [7, 11) is 0. The number of unbranched alkanes of at least 4 members (excludes halogenated alkanes) is 8. The zero-order valence-electron chi connectivity index (χ0n) is 19.0. The molecule has 0 aliphatic heterocycles. The number of ether oxygens (including phenoxy) is 1. The molecule has 1 atom stereocenters. The minimum atomic E-state index is -0.997. The number of esters is 1. The molecule has 2 rings (SSSR count). The summed E-state index contributed by atoms with van der Waals surface area (Å²) in [5.41, 5.74) is 0.666. The van der Waals surface area contributed by atoms with Crippen LogP contribution in [0.5, 0.6) is 0 Å². The Hall–Kier alpha value is -0.440. The summed E-state index contributed by atoms with van der Waals surface area (Å²) in [5.74, 6) is -0.974. The summed E-state index contributed by atoms with van der Waals surface area (Å²) in [5, 5.41) is 9.49. The predicted molar refractivity (Wildman–Crippen MR) is 143 cm³/mol. The molecule has 0 spiro atoms. The number of aromatic carboxylic acids is 1. The Kier molecular flexibility index (Phi) is 12.8. The minimum Gasteiger partial charge on any atom is -0.478 e. The number of rotatable bonds is 16. The second kappa shape index (κ2) is 14.7. The van der Waals surface area contributed by atoms with Crippen molar-refractivity contribution in [3.63, 3.8) is 0 Å². The molecule has 0 saturated carbocycles. The summed E-state index contributed by atoms with van der Waals surface area (Å²) >= 11 is 9.33. The summed E-state index contributed by atoms with van der Waals surface area (Å²) < 4.78 is 8.23. The lowest BCUT2D eigenvalue weighted by atomic mass is 9.95. The van der Waals surface area contributed by atoms with E-state index < -0.39 is 5.97 Å². The van der Waals surface area contributed by atoms with Gasteiger partial charge in [0.2, 0.25) is 0 Å². The van der Waals surface area contributed by atoms with Gasteiger partial charge in [0.1, 0.15) is 11.1 Å². The van der Waals surface area contributed by atoms with E-state index in [0.29, 0.717) is 35.1 Å². The Balaban J connectivity index is 1.99. The highest BCUT2D eigenvalue weighted by Gasteiger charge is 2.27. The molecule has 0 aliphatic rings. The van der Waals surface area contributed by atoms with E-state index in [9.17, 15) is 14.7 Å². The van der Waals surface area contributed by atoms with Gasteiger partial charge in [-0.15, -0.1) is 22.7 Å². The van der Waals surface area contributed by atoms with E-state index in [0.717, 1.165) is 12.8 Å². The molecular weight excluding hydrogens is 576 g/mol. The lowest BCUT2D eigenvalue weighted by Crippen LogP contribution is -2.15. The molecule has 0 fully saturated rings. The molecule has 32 heavy (non-hydrogen) atoms. The Labute approximate surface area is 216 Å². The highest BCUT2D eigenvalue weighted by atomic mass is 79.9. The van der Waals surface area contributed by atoms with Gasteiger partial charge < -0.3 is 9.84 Å². The molecule has 4 nitrogen and oxygen atoms in total. The number of thiophene rings is 2. The van der Waals surface area contributed by atoms with Crippen molar-refractivity contribution < 1.29 is 19.4 Å². The number of hydrogen-bond acceptors (Lipinski definition) is 5. The van der Waals surface area contributed by atoms with Crippen LogP contribution in [0.1, 0.15) is 112 Å². The first-order valence-electron chi connectivity index (χ1n) is 11.7. The van der Waals surface area contributed by atoms with Crippen molar-refractivity contribution in [2.75, 3.05) is 6.61 Å². The third-order valence-electron chi connectivity index (χ3n) is 5.74. The van der Waals surface area contributed by atoms with Crippen LogP contribution in [0.25, 0.3) is 9.40 Å². The lowest BCUT2D eigenvalue weighted by molar-refractivity contribution is 0.0424. The van der Waals surface area contributed by atoms with Gasteiger partial charge in [-0.2, -0.15) is 0 Å². The number of carbonyl (C=O) groups excluding carboxylic acids is 1. The average molecular weight is 610 g/mol. The molecule has 8 heteroatoms. The molecule has 2 heterocycles. The van der Waals surface area contributed by atoms with Crippen molar-refractivity contribution in [1.29, 1.82) is 0 Å². The molecule has 2 aromatic heterocycles. The number of hydrogen-bond donors (Lipinski definition) is 1. The van der Waals surface area contributed by atoms with Crippen LogP contribution < -0.4 is 0 Å². The van der Waals surface area contributed by atoms with Crippen LogP contribution in [0, 0.1) is 5.92 Å². The Bertz CT molecular complexity index is 875. The number of halogens is 2. The quantitative estimate of drug-likeness (QED) is 0.152. The van der Waals surface area contributed by atoms with Crippen LogP contribution in [0.4, 0.5) is 0 Å². The lowest BCUT2D eigenvalue weighted by Gasteiger charge is -2.17. The molecule has 2 aromatic rings. The Morgan fingerprint density at radius 3 is 1.84 bits per heavy atom. The van der Waals surface area contributed by atoms with E-state index in [4.69, 9.17) is 4.74 Å². The SMILES string of the molecule is CCCCCCCCC(CCCCCC)COC(=O)c1c(Br)sc2c(C(=O)O)c(Br)sc12. The third kappa shape index (κ3) is 8.10. The van der Waals surface area contributed by atoms with Gasteiger partial charge in [0.15, 0.2) is 0 Å². The number of carboxylic acids is 1. The zero-order chi connectivity index (χ0) is 23.5. The topological polar surface area (TPSA) is 63.6 Å². The minimum absolute atomic E-state index is 0.214. The molecule has 0 aromatic carbocycles. The molecule has 0 aliphatic carbocycles. The maximum Gasteiger partial charge on any atom is 0.341 e. The van der Waals surface area contributed by atoms with Crippen molar-refractivity contribution >= 4 is 75.9 Å². The van der Waals surface area contributed by atoms with E-state index in [1.54, 1.807) is 0 Å². The van der Waals surface area contributed by atoms with Crippen molar-refractivity contribution in [1.82, 2.24) is 0 Å². The van der Waals surface area contributed by atoms with Crippen LogP contribution >= 0.6 is 54.5 Å². The molecule has 0 amide bonds. The highest BCUT2D eigenvalue weighted by Crippen LogP contribution is 2.46. The van der Waals surface area contributed by atoms with Crippen molar-refractivity contribution in [2.45, 2.75) is 90.9 Å². The molecule has 0 bridgehead atoms. The predicted octanol–water partition coefficient (Wildman–Crippen LogP) is 9.68. The van der Waals surface area contributed by atoms with Gasteiger partial charge in [-0.05, 0) is 50.6 Å². The van der Waals surface area contributed by atoms with Crippen molar-refractivity contribution in [3.8, 4) is 0 Å². The smallest absolute Gasteiger partial charge is 0.341 e. The standard InChI is InChI=1S/C24H34Br2O4S2/c1-3-5-7-9-10-12-14-16(13-11-8-6-4-2)15-30-24(29)18-20-19(31-22(18)26)17(23(27)28)21(25)32-20/h16H,3-15H2,1-2H3,(H,27,28). The van der Waals surface area contributed by atoms with E-state index in [1.165, 1.54) is 86.9 Å². The monoisotopic (exact) mass is 608 g/mol. The normalized spacial score (nSPS) is 12.4. The van der Waals surface area contributed by atoms with Gasteiger partial charge in [-0.1, -0.05) is 78.1 Å². The van der Waals surface area contributed by atoms with Crippen molar-refractivity contribution in [3.05, 3.63) is 18.7 Å². The van der Waals surface area contributed by atoms with Crippen LogP contribution in [-0.4, -0.2) is 23.7 Å². The maximum absolute atomic E-state index is 13.0. The maximum atomic E-state index is 13.0. The molecular formula is C24H34Br2O4S2. The van der Waals surface area contributed by atoms with E-state index in [2.05, 4.69) is 45.7 Å². The van der Waals surface area contributed by atoms with Crippen molar-refractivity contribution in [2.24, 2.45) is 5.92 Å². The summed E-state index contributed by atoms with van der Waals surface area (Å²) in [6, 6.07) is 0. The fourth-order valence-corrected chi connectivity index (χ4v) is 8.13. The first-order chi connectivity index (χ1) is 15.4. The number of carbonyl (C=O) groups is 2. The molecule has 1 N–H and O–H groups in total. The van der Waals surface area contributed by atoms with Crippen LogP contribution in [0.3, 0.4) is 0 Å². The second-order valence-electron chi connectivity index (χ2n) is 8.34. The second-order valence-corrected chi connectivity index (χ2v) is 13.0. The highest BCUT2D eigenvalue weighted by molar-refractivity contribution is 9.11. The Morgan fingerprint density at radius 1 is 0.812 bits per heavy atom. The van der Waals surface area contributed by atoms with Gasteiger partial charge >= 0.3 is 11.9 Å². The van der Waals surface area contributed by atoms with Crippen LogP contribution in [-0.2, 0) is 4.74 Å². The van der Waals surface area contributed by atoms with E-state index in [1.807, 2.05) is 0 Å². The zero-order valence-corrected chi connectivity index (χ0v) is 23.8. The molecule has 0 saturated heterocycles. The average Bonchev–Trinajstić information content (AvgIpc) is 3.22. The van der Waals surface area contributed by atoms with Crippen LogP contribution in [0.15, 0.2) is 7.57 Å². The van der Waals surface area contributed by atoms with Gasteiger partial charge in [0.05, 0.1) is 23.6 Å². The van der Waals surface area contributed by atoms with E-state index in [-0.39, 0.29) is 11.5 Å². The summed E-state index contributed by atoms with van der Waals surface area (Å²) in [4.78, 5) is 24.5. The van der Waals surface area contributed by atoms with Gasteiger partial charge in [-0.25, -0.2) is 9.59 Å². The fraction of sp³-hybridized carbons (Fsp3) is 0.667. The third-order valence-corrected chi connectivity index (χ3v) is 9.62. The summed E-state index contributed by atoms with van der Waals surface area (Å²) in [6.07, 6.45) is 14.7. The van der Waals surface area contributed by atoms with Gasteiger partial charge in [-0.3, -0.25) is 0 Å². The fourth-order valence-electron chi connectivity index (χ4n) is 3.89. The summed E-state index contributed by atoms with van der Waals surface area (Å²) in [6.45, 7) is 4.88. The first-order valence-corrected chi connectivity index (χ1v) is 14.9. The largest absolute Gasteiger partial charge is 0.478 e. The van der Waals surface area contributed by atoms with Crippen LogP contribution in [0.2, 0.25) is 0 Å². The van der Waals surface area contributed by atoms with E-state index >= 15 is 0 Å². The molecule has 180 valence electrons. The van der Waals surface area contributed by atoms with Gasteiger partial charge in [0.25, 0.3) is 0 Å². The molecule has 1 unspecified atom stereocenters. The first kappa shape index (κ1) is 27.8. The number of carboxylic acid groups (broad SMARTS) is 1. The molecule has 0 radical (unpaired) electrons.